The molecule has 1 aliphatic heterocycles. The van der Waals surface area contributed by atoms with Gasteiger partial charge in [-0.1, -0.05) is 12.1 Å². The molecule has 0 aliphatic carbocycles. The lowest BCUT2D eigenvalue weighted by Gasteiger charge is -2.33. The highest BCUT2D eigenvalue weighted by molar-refractivity contribution is 5.74. The van der Waals surface area contributed by atoms with Crippen LogP contribution in [0.2, 0.25) is 0 Å². The zero-order valence-electron chi connectivity index (χ0n) is 12.6. The zero-order valence-corrected chi connectivity index (χ0v) is 12.6. The lowest BCUT2D eigenvalue weighted by molar-refractivity contribution is -0.148. The fraction of sp³-hybridized carbons (Fsp3) is 0.533. The molecule has 0 radical (unpaired) electrons. The van der Waals surface area contributed by atoms with E-state index in [-0.39, 0.29) is 12.3 Å². The first-order valence-electron chi connectivity index (χ1n) is 7.10. The van der Waals surface area contributed by atoms with Gasteiger partial charge in [-0.15, -0.1) is 0 Å². The second-order valence-corrected chi connectivity index (χ2v) is 5.06. The van der Waals surface area contributed by atoms with Gasteiger partial charge in [-0.05, 0) is 17.7 Å². The summed E-state index contributed by atoms with van der Waals surface area (Å²) in [4.78, 5) is 12.9. The number of morpholine rings is 1. The molecule has 1 saturated heterocycles. The molecule has 0 aromatic heterocycles. The third kappa shape index (κ3) is 5.11. The third-order valence-electron chi connectivity index (χ3n) is 3.48. The molecule has 1 fully saturated rings. The molecule has 1 heterocycles. The molecule has 1 aromatic rings. The van der Waals surface area contributed by atoms with Crippen LogP contribution in [0.5, 0.6) is 5.75 Å². The van der Waals surface area contributed by atoms with E-state index in [9.17, 15) is 18.0 Å². The lowest BCUT2D eigenvalue weighted by atomic mass is 10.1. The van der Waals surface area contributed by atoms with Crippen LogP contribution in [0.1, 0.15) is 11.7 Å². The quantitative estimate of drug-likeness (QED) is 0.747. The van der Waals surface area contributed by atoms with Crippen molar-refractivity contribution in [2.45, 2.75) is 18.9 Å². The van der Waals surface area contributed by atoms with Crippen LogP contribution in [-0.2, 0) is 14.3 Å². The normalized spacial score (nSPS) is 20.3. The van der Waals surface area contributed by atoms with Gasteiger partial charge in [0.05, 0.1) is 19.8 Å². The minimum absolute atomic E-state index is 0.0381. The predicted octanol–water partition coefficient (Wildman–Crippen LogP) is 2.17. The van der Waals surface area contributed by atoms with E-state index in [1.165, 1.54) is 12.1 Å². The number of ether oxygens (including phenoxy) is 3. The molecule has 0 unspecified atom stereocenters. The van der Waals surface area contributed by atoms with E-state index in [4.69, 9.17) is 4.74 Å². The Balaban J connectivity index is 1.99. The molecule has 2 atom stereocenters. The van der Waals surface area contributed by atoms with Crippen molar-refractivity contribution in [1.29, 1.82) is 0 Å². The van der Waals surface area contributed by atoms with Gasteiger partial charge >= 0.3 is 12.6 Å². The van der Waals surface area contributed by atoms with Gasteiger partial charge in [0.1, 0.15) is 5.75 Å². The highest BCUT2D eigenvalue weighted by Gasteiger charge is 2.27. The summed E-state index contributed by atoms with van der Waals surface area (Å²) >= 11 is 0. The number of rotatable bonds is 6. The monoisotopic (exact) mass is 333 g/mol. The van der Waals surface area contributed by atoms with E-state index in [1.807, 2.05) is 0 Å². The second-order valence-electron chi connectivity index (χ2n) is 5.06. The lowest BCUT2D eigenvalue weighted by Crippen LogP contribution is -2.43. The minimum Gasteiger partial charge on any atom is -0.467 e. The maximum Gasteiger partial charge on any atom is 0.387 e. The topological polar surface area (TPSA) is 48.0 Å². The van der Waals surface area contributed by atoms with Gasteiger partial charge < -0.3 is 14.2 Å². The molecule has 0 N–H and O–H groups in total. The molecule has 5 nitrogen and oxygen atoms in total. The second kappa shape index (κ2) is 8.16. The van der Waals surface area contributed by atoms with Gasteiger partial charge in [0.25, 0.3) is 0 Å². The van der Waals surface area contributed by atoms with Crippen molar-refractivity contribution < 1.29 is 32.2 Å². The third-order valence-corrected chi connectivity index (χ3v) is 3.48. The molecule has 8 heteroatoms. The number of alkyl halides is 3. The summed E-state index contributed by atoms with van der Waals surface area (Å²) in [5.74, 6) is -0.878. The molecule has 1 aliphatic rings. The standard InChI is InChI=1S/C15H18F3NO4/c1-21-14(20)12(16)8-19-5-6-22-13(9-19)10-3-2-4-11(7-10)23-15(17)18/h2-4,7,12-13,15H,5-6,8-9H2,1H3/t12-,13+/m1/s1. The van der Waals surface area contributed by atoms with Gasteiger partial charge in [-0.25, -0.2) is 9.18 Å². The highest BCUT2D eigenvalue weighted by Crippen LogP contribution is 2.26. The van der Waals surface area contributed by atoms with Crippen molar-refractivity contribution >= 4 is 5.97 Å². The molecule has 0 spiro atoms. The van der Waals surface area contributed by atoms with Gasteiger partial charge in [-0.3, -0.25) is 4.90 Å². The van der Waals surface area contributed by atoms with E-state index < -0.39 is 24.9 Å². The van der Waals surface area contributed by atoms with Crippen molar-refractivity contribution in [2.24, 2.45) is 0 Å². The molecule has 0 amide bonds. The number of carbonyl (C=O) groups is 1. The van der Waals surface area contributed by atoms with Crippen LogP contribution in [0.25, 0.3) is 0 Å². The number of hydrogen-bond donors (Lipinski definition) is 0. The summed E-state index contributed by atoms with van der Waals surface area (Å²) in [6, 6.07) is 6.19. The molecule has 2 rings (SSSR count). The largest absolute Gasteiger partial charge is 0.467 e. The Morgan fingerprint density at radius 1 is 1.43 bits per heavy atom. The molecule has 0 bridgehead atoms. The highest BCUT2D eigenvalue weighted by atomic mass is 19.3. The van der Waals surface area contributed by atoms with E-state index in [0.717, 1.165) is 7.11 Å². The predicted molar refractivity (Wildman–Crippen MR) is 75.1 cm³/mol. The van der Waals surface area contributed by atoms with Crippen molar-refractivity contribution in [3.63, 3.8) is 0 Å². The summed E-state index contributed by atoms with van der Waals surface area (Å²) in [6.45, 7) is -1.84. The van der Waals surface area contributed by atoms with Crippen LogP contribution in [0, 0.1) is 0 Å². The minimum atomic E-state index is -2.90. The summed E-state index contributed by atoms with van der Waals surface area (Å²) in [7, 11) is 1.13. The van der Waals surface area contributed by atoms with Gasteiger partial charge in [0, 0.05) is 19.6 Å². The Bertz CT molecular complexity index is 529. The average molecular weight is 333 g/mol. The fourth-order valence-corrected chi connectivity index (χ4v) is 2.39. The first kappa shape index (κ1) is 17.6. The van der Waals surface area contributed by atoms with Crippen molar-refractivity contribution in [1.82, 2.24) is 4.90 Å². The fourth-order valence-electron chi connectivity index (χ4n) is 2.39. The molecular weight excluding hydrogens is 315 g/mol. The van der Waals surface area contributed by atoms with E-state index in [2.05, 4.69) is 9.47 Å². The van der Waals surface area contributed by atoms with E-state index >= 15 is 0 Å². The first-order valence-corrected chi connectivity index (χ1v) is 7.10. The van der Waals surface area contributed by atoms with Gasteiger partial charge in [-0.2, -0.15) is 8.78 Å². The Morgan fingerprint density at radius 2 is 2.22 bits per heavy atom. The van der Waals surface area contributed by atoms with Gasteiger partial charge in [0.2, 0.25) is 6.17 Å². The molecular formula is C15H18F3NO4. The summed E-state index contributed by atoms with van der Waals surface area (Å²) < 4.78 is 52.5. The number of halogens is 3. The van der Waals surface area contributed by atoms with Crippen molar-refractivity contribution in [3.05, 3.63) is 29.8 Å². The number of benzene rings is 1. The average Bonchev–Trinajstić information content (AvgIpc) is 2.54. The zero-order chi connectivity index (χ0) is 16.8. The summed E-state index contributed by atoms with van der Waals surface area (Å²) in [5.41, 5.74) is 0.654. The van der Waals surface area contributed by atoms with Crippen LogP contribution < -0.4 is 4.74 Å². The van der Waals surface area contributed by atoms with E-state index in [1.54, 1.807) is 17.0 Å². The number of methoxy groups -OCH3 is 1. The number of esters is 1. The van der Waals surface area contributed by atoms with Crippen LogP contribution in [0.3, 0.4) is 0 Å². The van der Waals surface area contributed by atoms with Crippen molar-refractivity contribution in [3.8, 4) is 5.75 Å². The molecule has 1 aromatic carbocycles. The molecule has 0 saturated carbocycles. The number of hydrogen-bond acceptors (Lipinski definition) is 5. The SMILES string of the molecule is COC(=O)[C@H](F)CN1CCO[C@H](c2cccc(OC(F)F)c2)C1. The Kier molecular flexibility index (Phi) is 6.23. The maximum atomic E-state index is 13.7. The number of carbonyl (C=O) groups excluding carboxylic acids is 1. The Morgan fingerprint density at radius 3 is 2.91 bits per heavy atom. The van der Waals surface area contributed by atoms with Crippen LogP contribution >= 0.6 is 0 Å². The Hall–Kier alpha value is -1.80. The van der Waals surface area contributed by atoms with Crippen LogP contribution in [-0.4, -0.2) is 57.0 Å². The number of nitrogens with zero attached hydrogens (tertiary/aromatic N) is 1. The van der Waals surface area contributed by atoms with E-state index in [0.29, 0.717) is 25.3 Å². The maximum absolute atomic E-state index is 13.7. The van der Waals surface area contributed by atoms with Crippen LogP contribution in [0.15, 0.2) is 24.3 Å². The van der Waals surface area contributed by atoms with Gasteiger partial charge in [0.15, 0.2) is 0 Å². The van der Waals surface area contributed by atoms with Crippen LogP contribution in [0.4, 0.5) is 13.2 Å². The molecule has 128 valence electrons. The smallest absolute Gasteiger partial charge is 0.387 e. The molecule has 23 heavy (non-hydrogen) atoms. The Labute approximate surface area is 131 Å². The summed E-state index contributed by atoms with van der Waals surface area (Å²) in [6.07, 6.45) is -2.14. The first-order chi connectivity index (χ1) is 11.0. The summed E-state index contributed by atoms with van der Waals surface area (Å²) in [5, 5.41) is 0. The van der Waals surface area contributed by atoms with Crippen molar-refractivity contribution in [2.75, 3.05) is 33.4 Å².